The number of aromatic nitrogens is 3. The van der Waals surface area contributed by atoms with Gasteiger partial charge in [0.15, 0.2) is 5.65 Å². The minimum Gasteiger partial charge on any atom is -0.497 e. The zero-order valence-electron chi connectivity index (χ0n) is 15.7. The van der Waals surface area contributed by atoms with Crippen LogP contribution in [0.3, 0.4) is 0 Å². The molecule has 0 aliphatic rings. The van der Waals surface area contributed by atoms with Crippen LogP contribution < -0.4 is 10.1 Å². The molecule has 0 aliphatic carbocycles. The number of carbonyl (C=O) groups excluding carboxylic acids is 1. The largest absolute Gasteiger partial charge is 0.497 e. The van der Waals surface area contributed by atoms with Gasteiger partial charge in [-0.15, -0.1) is 11.3 Å². The van der Waals surface area contributed by atoms with Gasteiger partial charge in [-0.05, 0) is 41.1 Å². The number of fused-ring (bicyclic) bond motifs is 1. The maximum atomic E-state index is 12.2. The van der Waals surface area contributed by atoms with Crippen LogP contribution in [0.25, 0.3) is 27.9 Å². The van der Waals surface area contributed by atoms with Crippen LogP contribution in [0.5, 0.6) is 5.75 Å². The molecule has 28 heavy (non-hydrogen) atoms. The summed E-state index contributed by atoms with van der Waals surface area (Å²) in [6, 6.07) is 9.72. The maximum Gasteiger partial charge on any atom is 0.261 e. The molecule has 4 rings (SSSR count). The molecule has 0 atom stereocenters. The van der Waals surface area contributed by atoms with Gasteiger partial charge in [0.25, 0.3) is 5.91 Å². The van der Waals surface area contributed by atoms with Crippen molar-refractivity contribution in [2.24, 2.45) is 0 Å². The van der Waals surface area contributed by atoms with Crippen LogP contribution >= 0.6 is 11.3 Å². The topological polar surface area (TPSA) is 68.5 Å². The number of thiophene rings is 1. The van der Waals surface area contributed by atoms with Gasteiger partial charge in [-0.2, -0.15) is 5.10 Å². The lowest BCUT2D eigenvalue weighted by atomic mass is 10.1. The Balaban J connectivity index is 1.63. The number of amides is 1. The average Bonchev–Trinajstić information content (AvgIpc) is 3.38. The Morgan fingerprint density at radius 2 is 2.00 bits per heavy atom. The quantitative estimate of drug-likeness (QED) is 0.532. The molecule has 3 aromatic heterocycles. The molecule has 0 fully saturated rings. The lowest BCUT2D eigenvalue weighted by Gasteiger charge is -2.04. The second-order valence-electron chi connectivity index (χ2n) is 6.35. The molecule has 0 saturated heterocycles. The summed E-state index contributed by atoms with van der Waals surface area (Å²) >= 11 is 1.43. The van der Waals surface area contributed by atoms with Gasteiger partial charge in [0.1, 0.15) is 5.75 Å². The van der Waals surface area contributed by atoms with Crippen molar-refractivity contribution in [2.75, 3.05) is 13.7 Å². The fraction of sp³-hybridized carbons (Fsp3) is 0.190. The zero-order chi connectivity index (χ0) is 19.5. The van der Waals surface area contributed by atoms with Crippen LogP contribution in [-0.4, -0.2) is 34.2 Å². The Hall–Kier alpha value is -3.19. The summed E-state index contributed by atoms with van der Waals surface area (Å²) in [6.45, 7) is 2.71. The van der Waals surface area contributed by atoms with Crippen molar-refractivity contribution >= 4 is 22.9 Å². The van der Waals surface area contributed by atoms with Gasteiger partial charge in [0.05, 0.1) is 18.2 Å². The van der Waals surface area contributed by atoms with Gasteiger partial charge in [-0.25, -0.2) is 9.50 Å². The van der Waals surface area contributed by atoms with E-state index in [2.05, 4.69) is 15.4 Å². The van der Waals surface area contributed by atoms with Gasteiger partial charge >= 0.3 is 0 Å². The monoisotopic (exact) mass is 392 g/mol. The van der Waals surface area contributed by atoms with Crippen molar-refractivity contribution in [1.29, 1.82) is 0 Å². The van der Waals surface area contributed by atoms with Gasteiger partial charge < -0.3 is 10.1 Å². The van der Waals surface area contributed by atoms with Gasteiger partial charge in [-0.1, -0.05) is 19.1 Å². The highest BCUT2D eigenvalue weighted by Gasteiger charge is 2.14. The summed E-state index contributed by atoms with van der Waals surface area (Å²) < 4.78 is 6.97. The SMILES string of the molecule is CCCNC(=O)c1cc(-c2cnn3cc(-c4ccc(OC)cc4)cnc23)cs1. The molecule has 0 spiro atoms. The fourth-order valence-electron chi connectivity index (χ4n) is 2.93. The van der Waals surface area contributed by atoms with Crippen LogP contribution in [0.15, 0.2) is 54.3 Å². The van der Waals surface area contributed by atoms with E-state index in [1.807, 2.05) is 55.0 Å². The lowest BCUT2D eigenvalue weighted by Crippen LogP contribution is -2.22. The number of hydrogen-bond acceptors (Lipinski definition) is 5. The minimum absolute atomic E-state index is 0.0377. The molecule has 0 saturated carbocycles. The Morgan fingerprint density at radius 3 is 2.75 bits per heavy atom. The van der Waals surface area contributed by atoms with E-state index in [1.165, 1.54) is 11.3 Å². The fourth-order valence-corrected chi connectivity index (χ4v) is 3.76. The van der Waals surface area contributed by atoms with Crippen molar-refractivity contribution in [1.82, 2.24) is 19.9 Å². The van der Waals surface area contributed by atoms with Gasteiger partial charge in [-0.3, -0.25) is 4.79 Å². The Labute approximate surface area is 166 Å². The number of carbonyl (C=O) groups is 1. The molecule has 1 N–H and O–H groups in total. The van der Waals surface area contributed by atoms with Crippen LogP contribution in [0.4, 0.5) is 0 Å². The van der Waals surface area contributed by atoms with Crippen LogP contribution in [-0.2, 0) is 0 Å². The summed E-state index contributed by atoms with van der Waals surface area (Å²) in [6.07, 6.45) is 6.49. The summed E-state index contributed by atoms with van der Waals surface area (Å²) in [7, 11) is 1.65. The molecule has 0 unspecified atom stereocenters. The Bertz CT molecular complexity index is 1120. The predicted octanol–water partition coefficient (Wildman–Crippen LogP) is 4.27. The van der Waals surface area contributed by atoms with Gasteiger partial charge in [0.2, 0.25) is 0 Å². The standard InChI is InChI=1S/C21H20N4O2S/c1-3-8-22-21(26)19-9-15(13-28-19)18-11-24-25-12-16(10-23-20(18)25)14-4-6-17(27-2)7-5-14/h4-7,9-13H,3,8H2,1-2H3,(H,22,26). The van der Waals surface area contributed by atoms with E-state index >= 15 is 0 Å². The van der Waals surface area contributed by atoms with E-state index in [4.69, 9.17) is 4.74 Å². The molecule has 1 aromatic carbocycles. The highest BCUT2D eigenvalue weighted by molar-refractivity contribution is 7.12. The highest BCUT2D eigenvalue weighted by atomic mass is 32.1. The van der Waals surface area contributed by atoms with Crippen LogP contribution in [0.2, 0.25) is 0 Å². The normalized spacial score (nSPS) is 10.9. The highest BCUT2D eigenvalue weighted by Crippen LogP contribution is 2.29. The summed E-state index contributed by atoms with van der Waals surface area (Å²) in [5.41, 5.74) is 4.63. The summed E-state index contributed by atoms with van der Waals surface area (Å²) in [5, 5.41) is 9.33. The van der Waals surface area contributed by atoms with E-state index in [-0.39, 0.29) is 5.91 Å². The number of nitrogens with one attached hydrogen (secondary N) is 1. The number of ether oxygens (including phenoxy) is 1. The van der Waals surface area contributed by atoms with Crippen molar-refractivity contribution in [3.05, 3.63) is 59.2 Å². The van der Waals surface area contributed by atoms with Crippen LogP contribution in [0.1, 0.15) is 23.0 Å². The molecule has 0 radical (unpaired) electrons. The van der Waals surface area contributed by atoms with Crippen molar-refractivity contribution in [3.63, 3.8) is 0 Å². The molecule has 7 heteroatoms. The number of benzene rings is 1. The minimum atomic E-state index is -0.0377. The van der Waals surface area contributed by atoms with Crippen molar-refractivity contribution in [3.8, 4) is 28.0 Å². The second-order valence-corrected chi connectivity index (χ2v) is 7.26. The number of hydrogen-bond donors (Lipinski definition) is 1. The molecule has 4 aromatic rings. The molecule has 0 aliphatic heterocycles. The third-order valence-corrected chi connectivity index (χ3v) is 5.38. The third-order valence-electron chi connectivity index (χ3n) is 4.45. The van der Waals surface area contributed by atoms with Crippen LogP contribution in [0, 0.1) is 0 Å². The summed E-state index contributed by atoms with van der Waals surface area (Å²) in [5.74, 6) is 0.778. The first-order valence-electron chi connectivity index (χ1n) is 9.04. The lowest BCUT2D eigenvalue weighted by molar-refractivity contribution is 0.0957. The molecular formula is C21H20N4O2S. The zero-order valence-corrected chi connectivity index (χ0v) is 16.5. The van der Waals surface area contributed by atoms with E-state index in [9.17, 15) is 4.79 Å². The number of rotatable bonds is 6. The number of methoxy groups -OCH3 is 1. The van der Waals surface area contributed by atoms with Crippen molar-refractivity contribution < 1.29 is 9.53 Å². The van der Waals surface area contributed by atoms with Crippen molar-refractivity contribution in [2.45, 2.75) is 13.3 Å². The second kappa shape index (κ2) is 7.82. The first-order chi connectivity index (χ1) is 13.7. The van der Waals surface area contributed by atoms with E-state index in [0.717, 1.165) is 40.1 Å². The first-order valence-corrected chi connectivity index (χ1v) is 9.92. The first kappa shape index (κ1) is 18.2. The molecule has 6 nitrogen and oxygen atoms in total. The molecular weight excluding hydrogens is 372 g/mol. The average molecular weight is 392 g/mol. The summed E-state index contributed by atoms with van der Waals surface area (Å²) in [4.78, 5) is 17.5. The molecule has 142 valence electrons. The smallest absolute Gasteiger partial charge is 0.261 e. The third kappa shape index (κ3) is 3.48. The number of nitrogens with zero attached hydrogens (tertiary/aromatic N) is 3. The Kier molecular flexibility index (Phi) is 5.08. The molecule has 3 heterocycles. The molecule has 0 bridgehead atoms. The maximum absolute atomic E-state index is 12.2. The predicted molar refractivity (Wildman–Crippen MR) is 111 cm³/mol. The van der Waals surface area contributed by atoms with E-state index in [0.29, 0.717) is 11.4 Å². The Morgan fingerprint density at radius 1 is 1.18 bits per heavy atom. The molecule has 1 amide bonds. The van der Waals surface area contributed by atoms with E-state index < -0.39 is 0 Å². The van der Waals surface area contributed by atoms with Gasteiger partial charge in [0, 0.05) is 30.1 Å². The van der Waals surface area contributed by atoms with E-state index in [1.54, 1.807) is 17.8 Å².